The maximum atomic E-state index is 13.3. The minimum atomic E-state index is -0.138. The number of hydrogen-bond acceptors (Lipinski definition) is 4. The van der Waals surface area contributed by atoms with Gasteiger partial charge in [0.15, 0.2) is 0 Å². The number of benzene rings is 1. The van der Waals surface area contributed by atoms with E-state index in [1.807, 2.05) is 24.5 Å². The van der Waals surface area contributed by atoms with E-state index in [-0.39, 0.29) is 5.82 Å². The SMILES string of the molecule is CCN(Cc1ncccn1)C[C@H]1CCCN(CCc2cccc(F)c2)C1. The molecule has 1 saturated heterocycles. The normalized spacial score (nSPS) is 18.3. The van der Waals surface area contributed by atoms with E-state index in [0.29, 0.717) is 5.92 Å². The van der Waals surface area contributed by atoms with Gasteiger partial charge in [-0.3, -0.25) is 4.90 Å². The topological polar surface area (TPSA) is 32.3 Å². The lowest BCUT2D eigenvalue weighted by Crippen LogP contribution is -2.41. The molecule has 1 aromatic carbocycles. The third kappa shape index (κ3) is 5.85. The van der Waals surface area contributed by atoms with Crippen LogP contribution >= 0.6 is 0 Å². The summed E-state index contributed by atoms with van der Waals surface area (Å²) < 4.78 is 13.3. The lowest BCUT2D eigenvalue weighted by Gasteiger charge is -2.35. The highest BCUT2D eigenvalue weighted by Crippen LogP contribution is 2.19. The Labute approximate surface area is 156 Å². The van der Waals surface area contributed by atoms with Crippen LogP contribution in [0.3, 0.4) is 0 Å². The Bertz CT molecular complexity index is 664. The molecule has 0 saturated carbocycles. The standard InChI is InChI=1S/C21H29FN4/c1-2-25(17-21-23-10-5-11-24-21)15-19-7-4-12-26(16-19)13-9-18-6-3-8-20(22)14-18/h3,5-6,8,10-11,14,19H,2,4,7,9,12-13,15-17H2,1H3/t19-/m1/s1. The monoisotopic (exact) mass is 356 g/mol. The molecule has 1 aliphatic heterocycles. The average Bonchev–Trinajstić information content (AvgIpc) is 2.67. The smallest absolute Gasteiger partial charge is 0.142 e. The fourth-order valence-electron chi connectivity index (χ4n) is 3.77. The third-order valence-corrected chi connectivity index (χ3v) is 5.16. The number of halogens is 1. The van der Waals surface area contributed by atoms with E-state index in [4.69, 9.17) is 0 Å². The fourth-order valence-corrected chi connectivity index (χ4v) is 3.77. The zero-order valence-corrected chi connectivity index (χ0v) is 15.6. The van der Waals surface area contributed by atoms with Crippen LogP contribution in [0.4, 0.5) is 4.39 Å². The Morgan fingerprint density at radius 3 is 2.85 bits per heavy atom. The van der Waals surface area contributed by atoms with Gasteiger partial charge in [-0.1, -0.05) is 19.1 Å². The second-order valence-corrected chi connectivity index (χ2v) is 7.18. The molecule has 26 heavy (non-hydrogen) atoms. The largest absolute Gasteiger partial charge is 0.303 e. The third-order valence-electron chi connectivity index (χ3n) is 5.16. The van der Waals surface area contributed by atoms with Gasteiger partial charge in [-0.15, -0.1) is 0 Å². The molecule has 3 rings (SSSR count). The number of nitrogens with zero attached hydrogens (tertiary/aromatic N) is 4. The molecule has 0 aliphatic carbocycles. The first-order valence-corrected chi connectivity index (χ1v) is 9.68. The van der Waals surface area contributed by atoms with Crippen LogP contribution in [-0.4, -0.2) is 52.5 Å². The van der Waals surface area contributed by atoms with Crippen molar-refractivity contribution in [1.82, 2.24) is 19.8 Å². The van der Waals surface area contributed by atoms with E-state index < -0.39 is 0 Å². The fraction of sp³-hybridized carbons (Fsp3) is 0.524. The summed E-state index contributed by atoms with van der Waals surface area (Å²) in [4.78, 5) is 13.7. The number of hydrogen-bond donors (Lipinski definition) is 0. The van der Waals surface area contributed by atoms with Gasteiger partial charge in [0, 0.05) is 32.0 Å². The van der Waals surface area contributed by atoms with Crippen molar-refractivity contribution in [3.63, 3.8) is 0 Å². The molecule has 2 aromatic rings. The molecule has 1 fully saturated rings. The van der Waals surface area contributed by atoms with Crippen molar-refractivity contribution in [2.24, 2.45) is 5.92 Å². The summed E-state index contributed by atoms with van der Waals surface area (Å²) in [7, 11) is 0. The lowest BCUT2D eigenvalue weighted by atomic mass is 9.97. The molecule has 0 radical (unpaired) electrons. The summed E-state index contributed by atoms with van der Waals surface area (Å²) in [5.41, 5.74) is 1.09. The Kier molecular flexibility index (Phi) is 7.09. The molecule has 0 bridgehead atoms. The minimum Gasteiger partial charge on any atom is -0.303 e. The number of rotatable bonds is 8. The molecule has 1 aromatic heterocycles. The van der Waals surface area contributed by atoms with E-state index in [1.165, 1.54) is 18.9 Å². The first-order valence-electron chi connectivity index (χ1n) is 9.68. The first-order chi connectivity index (χ1) is 12.7. The van der Waals surface area contributed by atoms with Gasteiger partial charge < -0.3 is 4.90 Å². The molecule has 0 spiro atoms. The quantitative estimate of drug-likeness (QED) is 0.726. The maximum absolute atomic E-state index is 13.3. The maximum Gasteiger partial charge on any atom is 0.142 e. The van der Waals surface area contributed by atoms with Crippen molar-refractivity contribution in [2.75, 3.05) is 32.7 Å². The molecule has 0 unspecified atom stereocenters. The molecule has 140 valence electrons. The Morgan fingerprint density at radius 2 is 2.08 bits per heavy atom. The zero-order valence-electron chi connectivity index (χ0n) is 15.6. The summed E-state index contributed by atoms with van der Waals surface area (Å²) >= 11 is 0. The molecule has 2 heterocycles. The highest BCUT2D eigenvalue weighted by Gasteiger charge is 2.22. The molecule has 1 atom stereocenters. The highest BCUT2D eigenvalue weighted by atomic mass is 19.1. The van der Waals surface area contributed by atoms with Gasteiger partial charge in [0.25, 0.3) is 0 Å². The Hall–Kier alpha value is -1.85. The van der Waals surface area contributed by atoms with Crippen LogP contribution in [0.2, 0.25) is 0 Å². The summed E-state index contributed by atoms with van der Waals surface area (Å²) in [6, 6.07) is 8.84. The molecule has 1 aliphatic rings. The van der Waals surface area contributed by atoms with Gasteiger partial charge in [0.05, 0.1) is 6.54 Å². The van der Waals surface area contributed by atoms with Gasteiger partial charge in [-0.05, 0) is 62.0 Å². The van der Waals surface area contributed by atoms with Gasteiger partial charge >= 0.3 is 0 Å². The van der Waals surface area contributed by atoms with E-state index >= 15 is 0 Å². The zero-order chi connectivity index (χ0) is 18.2. The Balaban J connectivity index is 1.47. The second-order valence-electron chi connectivity index (χ2n) is 7.18. The van der Waals surface area contributed by atoms with E-state index in [1.54, 1.807) is 12.1 Å². The van der Waals surface area contributed by atoms with Crippen molar-refractivity contribution in [1.29, 1.82) is 0 Å². The molecular weight excluding hydrogens is 327 g/mol. The van der Waals surface area contributed by atoms with Crippen LogP contribution in [0, 0.1) is 11.7 Å². The van der Waals surface area contributed by atoms with Gasteiger partial charge in [0.2, 0.25) is 0 Å². The van der Waals surface area contributed by atoms with Crippen LogP contribution in [0.15, 0.2) is 42.7 Å². The first kappa shape index (κ1) is 18.9. The van der Waals surface area contributed by atoms with Crippen LogP contribution < -0.4 is 0 Å². The molecule has 0 N–H and O–H groups in total. The van der Waals surface area contributed by atoms with Crippen molar-refractivity contribution in [2.45, 2.75) is 32.7 Å². The van der Waals surface area contributed by atoms with Crippen LogP contribution in [-0.2, 0) is 13.0 Å². The van der Waals surface area contributed by atoms with Gasteiger partial charge in [0.1, 0.15) is 11.6 Å². The number of aromatic nitrogens is 2. The van der Waals surface area contributed by atoms with Crippen molar-refractivity contribution in [3.8, 4) is 0 Å². The summed E-state index contributed by atoms with van der Waals surface area (Å²) in [6.45, 7) is 8.41. The van der Waals surface area contributed by atoms with Crippen molar-refractivity contribution >= 4 is 0 Å². The molecule has 5 heteroatoms. The van der Waals surface area contributed by atoms with Crippen molar-refractivity contribution < 1.29 is 4.39 Å². The van der Waals surface area contributed by atoms with Crippen molar-refractivity contribution in [3.05, 3.63) is 59.9 Å². The van der Waals surface area contributed by atoms with Crippen LogP contribution in [0.25, 0.3) is 0 Å². The molecule has 0 amide bonds. The summed E-state index contributed by atoms with van der Waals surface area (Å²) in [6.07, 6.45) is 7.06. The minimum absolute atomic E-state index is 0.138. The second kappa shape index (κ2) is 9.74. The van der Waals surface area contributed by atoms with E-state index in [9.17, 15) is 4.39 Å². The van der Waals surface area contributed by atoms with E-state index in [2.05, 4.69) is 26.7 Å². The predicted octanol–water partition coefficient (Wildman–Crippen LogP) is 3.39. The number of likely N-dealkylation sites (tertiary alicyclic amines) is 1. The summed E-state index contributed by atoms with van der Waals surface area (Å²) in [5, 5.41) is 0. The van der Waals surface area contributed by atoms with Gasteiger partial charge in [-0.25, -0.2) is 14.4 Å². The van der Waals surface area contributed by atoms with Crippen LogP contribution in [0.5, 0.6) is 0 Å². The molecule has 4 nitrogen and oxygen atoms in total. The number of piperidine rings is 1. The average molecular weight is 356 g/mol. The molecular formula is C21H29FN4. The summed E-state index contributed by atoms with van der Waals surface area (Å²) in [5.74, 6) is 1.44. The lowest BCUT2D eigenvalue weighted by molar-refractivity contribution is 0.132. The highest BCUT2D eigenvalue weighted by molar-refractivity contribution is 5.16. The Morgan fingerprint density at radius 1 is 1.23 bits per heavy atom. The van der Waals surface area contributed by atoms with Crippen LogP contribution in [0.1, 0.15) is 31.2 Å². The van der Waals surface area contributed by atoms with Gasteiger partial charge in [-0.2, -0.15) is 0 Å². The van der Waals surface area contributed by atoms with E-state index in [0.717, 1.165) is 57.1 Å². The predicted molar refractivity (Wildman–Crippen MR) is 102 cm³/mol.